The minimum atomic E-state index is -1.85. The molecule has 46 heavy (non-hydrogen) atoms. The number of benzene rings is 3. The van der Waals surface area contributed by atoms with E-state index in [-0.39, 0.29) is 28.9 Å². The Labute approximate surface area is 267 Å². The number of hydrogen-bond donors (Lipinski definition) is 0. The fourth-order valence-corrected chi connectivity index (χ4v) is 7.40. The Morgan fingerprint density at radius 2 is 1.41 bits per heavy atom. The van der Waals surface area contributed by atoms with Crippen LogP contribution in [0.15, 0.2) is 83.8 Å². The maximum Gasteiger partial charge on any atom is 0.283 e. The van der Waals surface area contributed by atoms with E-state index in [1.807, 2.05) is 66.7 Å². The Hall–Kier alpha value is -4.51. The van der Waals surface area contributed by atoms with Crippen LogP contribution in [0.5, 0.6) is 23.0 Å². The molecule has 10 heteroatoms. The average Bonchev–Trinajstić information content (AvgIpc) is 3.40. The number of rotatable bonds is 8. The molecule has 3 heterocycles. The van der Waals surface area contributed by atoms with E-state index in [1.54, 1.807) is 14.2 Å². The molecular formula is C36H36O10. The van der Waals surface area contributed by atoms with Gasteiger partial charge in [-0.1, -0.05) is 66.7 Å². The standard InChI is InChI=1S/C36H36O10/c1-38-25-19-24(21-15-11-8-12-16-21)44-30-26(25)29-27(31(39-2)33(30)41-4)35(43-6)34(42-5)32(40-3)28(37)22-17-18-23(45-36(22,35)46-29)20-13-9-7-10-14-20/h7-17,23-25H,18-19H2,1-6H3/t23-,24-,25+,35-,36-/m1/s1. The van der Waals surface area contributed by atoms with E-state index >= 15 is 0 Å². The molecule has 240 valence electrons. The molecule has 0 unspecified atom stereocenters. The normalized spacial score (nSPS) is 27.7. The molecule has 0 saturated heterocycles. The van der Waals surface area contributed by atoms with Crippen LogP contribution in [-0.4, -0.2) is 54.2 Å². The molecular weight excluding hydrogens is 592 g/mol. The summed E-state index contributed by atoms with van der Waals surface area (Å²) >= 11 is 0. The van der Waals surface area contributed by atoms with Crippen molar-refractivity contribution in [3.8, 4) is 23.0 Å². The van der Waals surface area contributed by atoms with Crippen LogP contribution in [0.2, 0.25) is 0 Å². The van der Waals surface area contributed by atoms with Crippen molar-refractivity contribution in [1.29, 1.82) is 0 Å². The van der Waals surface area contributed by atoms with Crippen molar-refractivity contribution in [3.05, 3.63) is 106 Å². The highest BCUT2D eigenvalue weighted by atomic mass is 16.7. The molecule has 0 radical (unpaired) electrons. The lowest BCUT2D eigenvalue weighted by atomic mass is 9.72. The molecule has 4 aliphatic rings. The lowest BCUT2D eigenvalue weighted by Gasteiger charge is -2.49. The molecule has 0 amide bonds. The first-order valence-electron chi connectivity index (χ1n) is 15.1. The summed E-state index contributed by atoms with van der Waals surface area (Å²) in [5.74, 6) is -0.955. The van der Waals surface area contributed by atoms with Gasteiger partial charge in [-0.05, 0) is 17.5 Å². The maximum absolute atomic E-state index is 14.2. The summed E-state index contributed by atoms with van der Waals surface area (Å²) in [6, 6.07) is 19.7. The molecule has 1 spiro atoms. The van der Waals surface area contributed by atoms with Gasteiger partial charge in [0, 0.05) is 20.6 Å². The molecule has 0 saturated carbocycles. The van der Waals surface area contributed by atoms with Crippen LogP contribution in [-0.2, 0) is 34.1 Å². The predicted octanol–water partition coefficient (Wildman–Crippen LogP) is 6.02. The van der Waals surface area contributed by atoms with Gasteiger partial charge in [-0.2, -0.15) is 0 Å². The van der Waals surface area contributed by atoms with Gasteiger partial charge in [-0.15, -0.1) is 0 Å². The molecule has 0 N–H and O–H groups in total. The second-order valence-electron chi connectivity index (χ2n) is 11.4. The second kappa shape index (κ2) is 11.4. The van der Waals surface area contributed by atoms with Crippen LogP contribution in [0.1, 0.15) is 53.4 Å². The van der Waals surface area contributed by atoms with Gasteiger partial charge in [0.15, 0.2) is 17.3 Å². The monoisotopic (exact) mass is 628 g/mol. The van der Waals surface area contributed by atoms with Crippen molar-refractivity contribution in [2.75, 3.05) is 42.7 Å². The highest BCUT2D eigenvalue weighted by molar-refractivity contribution is 6.11. The molecule has 3 aromatic rings. The van der Waals surface area contributed by atoms with Gasteiger partial charge < -0.3 is 42.6 Å². The highest BCUT2D eigenvalue weighted by Crippen LogP contribution is 2.70. The fraction of sp³-hybridized carbons (Fsp3) is 0.361. The lowest BCUT2D eigenvalue weighted by molar-refractivity contribution is -0.281. The minimum Gasteiger partial charge on any atom is -0.494 e. The van der Waals surface area contributed by atoms with Gasteiger partial charge in [0.2, 0.25) is 22.9 Å². The number of hydrogen-bond acceptors (Lipinski definition) is 10. The van der Waals surface area contributed by atoms with Crippen molar-refractivity contribution in [2.45, 2.75) is 42.5 Å². The largest absolute Gasteiger partial charge is 0.494 e. The first-order valence-corrected chi connectivity index (χ1v) is 15.1. The molecule has 7 rings (SSSR count). The van der Waals surface area contributed by atoms with Crippen molar-refractivity contribution in [2.24, 2.45) is 0 Å². The number of Topliss-reactive ketones (excluding diaryl/α,β-unsaturated/α-hetero) is 1. The Morgan fingerprint density at radius 3 is 1.98 bits per heavy atom. The molecule has 3 aliphatic heterocycles. The number of fused-ring (bicyclic) bond motifs is 4. The topological polar surface area (TPSA) is 100 Å². The summed E-state index contributed by atoms with van der Waals surface area (Å²) in [6.45, 7) is 0. The third-order valence-corrected chi connectivity index (χ3v) is 9.35. The number of ketones is 1. The quantitative estimate of drug-likeness (QED) is 0.294. The molecule has 0 bridgehead atoms. The summed E-state index contributed by atoms with van der Waals surface area (Å²) < 4.78 is 57.3. The Morgan fingerprint density at radius 1 is 0.761 bits per heavy atom. The number of carbonyl (C=O) groups is 1. The van der Waals surface area contributed by atoms with Crippen molar-refractivity contribution in [3.63, 3.8) is 0 Å². The Kier molecular flexibility index (Phi) is 7.46. The summed E-state index contributed by atoms with van der Waals surface area (Å²) in [4.78, 5) is 14.2. The molecule has 3 aromatic carbocycles. The zero-order valence-electron chi connectivity index (χ0n) is 26.6. The van der Waals surface area contributed by atoms with Gasteiger partial charge >= 0.3 is 0 Å². The van der Waals surface area contributed by atoms with Gasteiger partial charge in [0.05, 0.1) is 57.3 Å². The van der Waals surface area contributed by atoms with Gasteiger partial charge in [-0.3, -0.25) is 4.79 Å². The van der Waals surface area contributed by atoms with E-state index in [4.69, 9.17) is 42.6 Å². The first-order chi connectivity index (χ1) is 22.4. The van der Waals surface area contributed by atoms with E-state index < -0.39 is 29.4 Å². The van der Waals surface area contributed by atoms with E-state index in [9.17, 15) is 4.79 Å². The lowest BCUT2D eigenvalue weighted by Crippen LogP contribution is -2.63. The first kappa shape index (κ1) is 30.2. The molecule has 1 aliphatic carbocycles. The van der Waals surface area contributed by atoms with Gasteiger partial charge in [0.1, 0.15) is 11.9 Å². The number of ether oxygens (including phenoxy) is 9. The number of allylic oxidation sites excluding steroid dienone is 1. The summed E-state index contributed by atoms with van der Waals surface area (Å²) in [5.41, 5.74) is 1.35. The SMILES string of the molecule is COC1=C(OC)[C@]2(OC)c3c(OC)c(OC)c4c(c3O[C@@]23O[C@@H](c2ccccc2)CC=C3C1=O)[C@@H](OC)C[C@H](c1ccccc1)O4. The van der Waals surface area contributed by atoms with E-state index in [2.05, 4.69) is 0 Å². The van der Waals surface area contributed by atoms with Crippen LogP contribution in [0.4, 0.5) is 0 Å². The smallest absolute Gasteiger partial charge is 0.283 e. The molecule has 5 atom stereocenters. The maximum atomic E-state index is 14.2. The van der Waals surface area contributed by atoms with E-state index in [1.165, 1.54) is 28.4 Å². The van der Waals surface area contributed by atoms with Crippen LogP contribution in [0.25, 0.3) is 0 Å². The second-order valence-corrected chi connectivity index (χ2v) is 11.4. The number of carbonyl (C=O) groups excluding carboxylic acids is 1. The summed E-state index contributed by atoms with van der Waals surface area (Å²) in [7, 11) is 9.08. The van der Waals surface area contributed by atoms with Crippen LogP contribution in [0.3, 0.4) is 0 Å². The van der Waals surface area contributed by atoms with E-state index in [0.717, 1.165) is 11.1 Å². The number of methoxy groups -OCH3 is 6. The third kappa shape index (κ3) is 3.90. The van der Waals surface area contributed by atoms with Crippen molar-refractivity contribution < 1.29 is 47.4 Å². The zero-order valence-corrected chi connectivity index (χ0v) is 26.6. The average molecular weight is 629 g/mol. The van der Waals surface area contributed by atoms with Gasteiger partial charge in [0.25, 0.3) is 5.79 Å². The Bertz CT molecular complexity index is 1730. The summed E-state index contributed by atoms with van der Waals surface area (Å²) in [6.07, 6.45) is 1.35. The van der Waals surface area contributed by atoms with Crippen LogP contribution in [0, 0.1) is 0 Å². The highest BCUT2D eigenvalue weighted by Gasteiger charge is 2.76. The van der Waals surface area contributed by atoms with E-state index in [0.29, 0.717) is 41.2 Å². The fourth-order valence-electron chi connectivity index (χ4n) is 7.40. The van der Waals surface area contributed by atoms with Crippen LogP contribution >= 0.6 is 0 Å². The minimum absolute atomic E-state index is 0.0353. The Balaban J connectivity index is 1.55. The molecule has 0 aromatic heterocycles. The summed E-state index contributed by atoms with van der Waals surface area (Å²) in [5, 5.41) is 0. The third-order valence-electron chi connectivity index (χ3n) is 9.35. The molecule has 10 nitrogen and oxygen atoms in total. The predicted molar refractivity (Wildman–Crippen MR) is 165 cm³/mol. The van der Waals surface area contributed by atoms with Gasteiger partial charge in [-0.25, -0.2) is 0 Å². The molecule has 0 fully saturated rings. The van der Waals surface area contributed by atoms with Crippen molar-refractivity contribution in [1.82, 2.24) is 0 Å². The van der Waals surface area contributed by atoms with Crippen LogP contribution < -0.4 is 18.9 Å². The zero-order chi connectivity index (χ0) is 32.2. The van der Waals surface area contributed by atoms with Crippen molar-refractivity contribution >= 4 is 5.78 Å².